The third-order valence-electron chi connectivity index (χ3n) is 4.97. The summed E-state index contributed by atoms with van der Waals surface area (Å²) in [5.74, 6) is 0.526. The van der Waals surface area contributed by atoms with Crippen LogP contribution in [0, 0.1) is 13.8 Å². The predicted molar refractivity (Wildman–Crippen MR) is 91.9 cm³/mol. The number of nitrogens with zero attached hydrogens (tertiary/aromatic N) is 2. The van der Waals surface area contributed by atoms with E-state index >= 15 is 0 Å². The molecular weight excluding hydrogens is 302 g/mol. The SMILES string of the molecule is Cc1ccc2c(CC(=O)N3CC[C@H](c4[nH]ncc4C)C3)coc2c1. The number of aromatic nitrogens is 2. The molecule has 0 unspecified atom stereocenters. The summed E-state index contributed by atoms with van der Waals surface area (Å²) in [6.45, 7) is 5.66. The van der Waals surface area contributed by atoms with Crippen molar-refractivity contribution in [3.05, 3.63) is 53.0 Å². The lowest BCUT2D eigenvalue weighted by atomic mass is 10.0. The third-order valence-corrected chi connectivity index (χ3v) is 4.97. The van der Waals surface area contributed by atoms with Crippen molar-refractivity contribution in [2.45, 2.75) is 32.6 Å². The predicted octanol–water partition coefficient (Wildman–Crippen LogP) is 3.33. The first-order chi connectivity index (χ1) is 11.6. The first-order valence-corrected chi connectivity index (χ1v) is 8.36. The molecule has 1 fully saturated rings. The Balaban J connectivity index is 1.47. The van der Waals surface area contributed by atoms with Crippen LogP contribution in [-0.4, -0.2) is 34.1 Å². The Morgan fingerprint density at radius 3 is 3.08 bits per heavy atom. The molecule has 24 heavy (non-hydrogen) atoms. The van der Waals surface area contributed by atoms with Crippen LogP contribution in [0.2, 0.25) is 0 Å². The summed E-state index contributed by atoms with van der Waals surface area (Å²) in [4.78, 5) is 14.6. The number of H-pyrrole nitrogens is 1. The van der Waals surface area contributed by atoms with Gasteiger partial charge < -0.3 is 9.32 Å². The van der Waals surface area contributed by atoms with Gasteiger partial charge in [0.1, 0.15) is 5.58 Å². The van der Waals surface area contributed by atoms with Crippen LogP contribution in [0.15, 0.2) is 35.1 Å². The number of furan rings is 1. The summed E-state index contributed by atoms with van der Waals surface area (Å²) in [5.41, 5.74) is 5.31. The number of hydrogen-bond donors (Lipinski definition) is 1. The number of amides is 1. The van der Waals surface area contributed by atoms with Crippen LogP contribution in [0.4, 0.5) is 0 Å². The number of likely N-dealkylation sites (tertiary alicyclic amines) is 1. The van der Waals surface area contributed by atoms with E-state index in [1.165, 1.54) is 5.56 Å². The minimum Gasteiger partial charge on any atom is -0.464 e. The monoisotopic (exact) mass is 323 g/mol. The lowest BCUT2D eigenvalue weighted by Gasteiger charge is -2.16. The molecular formula is C19H21N3O2. The van der Waals surface area contributed by atoms with Gasteiger partial charge in [0.05, 0.1) is 18.9 Å². The Morgan fingerprint density at radius 2 is 2.29 bits per heavy atom. The Hall–Kier alpha value is -2.56. The van der Waals surface area contributed by atoms with E-state index in [1.54, 1.807) is 6.26 Å². The molecule has 0 bridgehead atoms. The Labute approximate surface area is 140 Å². The summed E-state index contributed by atoms with van der Waals surface area (Å²) in [6.07, 6.45) is 4.94. The smallest absolute Gasteiger partial charge is 0.227 e. The first kappa shape index (κ1) is 15.0. The Kier molecular flexibility index (Phi) is 3.63. The van der Waals surface area contributed by atoms with Gasteiger partial charge in [-0.1, -0.05) is 12.1 Å². The molecule has 0 saturated carbocycles. The van der Waals surface area contributed by atoms with Crippen LogP contribution < -0.4 is 0 Å². The molecule has 1 N–H and O–H groups in total. The second-order valence-electron chi connectivity index (χ2n) is 6.73. The van der Waals surface area contributed by atoms with Crippen LogP contribution in [0.5, 0.6) is 0 Å². The second-order valence-corrected chi connectivity index (χ2v) is 6.73. The molecule has 0 aliphatic carbocycles. The van der Waals surface area contributed by atoms with E-state index in [4.69, 9.17) is 4.42 Å². The normalized spacial score (nSPS) is 17.8. The van der Waals surface area contributed by atoms with Gasteiger partial charge >= 0.3 is 0 Å². The molecule has 1 aliphatic heterocycles. The summed E-state index contributed by atoms with van der Waals surface area (Å²) in [7, 11) is 0. The average Bonchev–Trinajstić information content (AvgIpc) is 3.27. The molecule has 0 radical (unpaired) electrons. The van der Waals surface area contributed by atoms with Gasteiger partial charge in [-0.25, -0.2) is 0 Å². The fourth-order valence-corrected chi connectivity index (χ4v) is 3.59. The number of hydrogen-bond acceptors (Lipinski definition) is 3. The summed E-state index contributed by atoms with van der Waals surface area (Å²) in [5, 5.41) is 8.21. The molecule has 1 saturated heterocycles. The van der Waals surface area contributed by atoms with Crippen molar-refractivity contribution in [3.8, 4) is 0 Å². The van der Waals surface area contributed by atoms with Gasteiger partial charge in [-0.2, -0.15) is 5.10 Å². The highest BCUT2D eigenvalue weighted by molar-refractivity contribution is 5.88. The van der Waals surface area contributed by atoms with Gasteiger partial charge in [-0.15, -0.1) is 0 Å². The van der Waals surface area contributed by atoms with E-state index in [1.807, 2.05) is 30.2 Å². The molecule has 1 amide bonds. The quantitative estimate of drug-likeness (QED) is 0.804. The molecule has 3 heterocycles. The molecule has 2 aromatic heterocycles. The fourth-order valence-electron chi connectivity index (χ4n) is 3.59. The maximum Gasteiger partial charge on any atom is 0.227 e. The van der Waals surface area contributed by atoms with Crippen LogP contribution in [0.3, 0.4) is 0 Å². The van der Waals surface area contributed by atoms with Crippen molar-refractivity contribution in [2.24, 2.45) is 0 Å². The molecule has 0 spiro atoms. The highest BCUT2D eigenvalue weighted by Gasteiger charge is 2.29. The van der Waals surface area contributed by atoms with Crippen LogP contribution in [-0.2, 0) is 11.2 Å². The van der Waals surface area contributed by atoms with E-state index in [2.05, 4.69) is 23.2 Å². The van der Waals surface area contributed by atoms with Crippen molar-refractivity contribution < 1.29 is 9.21 Å². The first-order valence-electron chi connectivity index (χ1n) is 8.36. The average molecular weight is 323 g/mol. The topological polar surface area (TPSA) is 62.1 Å². The van der Waals surface area contributed by atoms with Gasteiger partial charge in [0.15, 0.2) is 0 Å². The highest BCUT2D eigenvalue weighted by atomic mass is 16.3. The Bertz CT molecular complexity index is 893. The zero-order chi connectivity index (χ0) is 16.7. The van der Waals surface area contributed by atoms with Crippen LogP contribution in [0.25, 0.3) is 11.0 Å². The van der Waals surface area contributed by atoms with Gasteiger partial charge in [0, 0.05) is 35.7 Å². The van der Waals surface area contributed by atoms with Crippen molar-refractivity contribution in [3.63, 3.8) is 0 Å². The molecule has 5 nitrogen and oxygen atoms in total. The summed E-state index contributed by atoms with van der Waals surface area (Å²) < 4.78 is 5.61. The molecule has 3 aromatic rings. The number of carbonyl (C=O) groups excluding carboxylic acids is 1. The molecule has 124 valence electrons. The second kappa shape index (κ2) is 5.82. The summed E-state index contributed by atoms with van der Waals surface area (Å²) in [6, 6.07) is 6.10. The maximum absolute atomic E-state index is 12.7. The molecule has 4 rings (SSSR count). The van der Waals surface area contributed by atoms with Crippen LogP contribution >= 0.6 is 0 Å². The van der Waals surface area contributed by atoms with Gasteiger partial charge in [0.2, 0.25) is 5.91 Å². The largest absolute Gasteiger partial charge is 0.464 e. The van der Waals surface area contributed by atoms with E-state index in [0.717, 1.165) is 47.3 Å². The molecule has 5 heteroatoms. The lowest BCUT2D eigenvalue weighted by Crippen LogP contribution is -2.29. The maximum atomic E-state index is 12.7. The van der Waals surface area contributed by atoms with Gasteiger partial charge in [-0.3, -0.25) is 9.89 Å². The number of aromatic amines is 1. The molecule has 1 aliphatic rings. The minimum absolute atomic E-state index is 0.165. The van der Waals surface area contributed by atoms with Crippen molar-refractivity contribution in [2.75, 3.05) is 13.1 Å². The van der Waals surface area contributed by atoms with Crippen molar-refractivity contribution in [1.29, 1.82) is 0 Å². The van der Waals surface area contributed by atoms with Crippen molar-refractivity contribution in [1.82, 2.24) is 15.1 Å². The fraction of sp³-hybridized carbons (Fsp3) is 0.368. The number of aryl methyl sites for hydroxylation is 2. The van der Waals surface area contributed by atoms with Crippen molar-refractivity contribution >= 4 is 16.9 Å². The number of fused-ring (bicyclic) bond motifs is 1. The lowest BCUT2D eigenvalue weighted by molar-refractivity contribution is -0.129. The van der Waals surface area contributed by atoms with E-state index in [9.17, 15) is 4.79 Å². The van der Waals surface area contributed by atoms with Gasteiger partial charge in [0.25, 0.3) is 0 Å². The van der Waals surface area contributed by atoms with E-state index < -0.39 is 0 Å². The Morgan fingerprint density at radius 1 is 1.42 bits per heavy atom. The zero-order valence-electron chi connectivity index (χ0n) is 14.0. The van der Waals surface area contributed by atoms with Gasteiger partial charge in [-0.05, 0) is 37.5 Å². The zero-order valence-corrected chi connectivity index (χ0v) is 14.0. The standard InChI is InChI=1S/C19H21N3O2/c1-12-3-4-16-15(11-24-17(16)7-12)8-18(23)22-6-5-14(10-22)19-13(2)9-20-21-19/h3-4,7,9,11,14H,5-6,8,10H2,1-2H3,(H,20,21)/t14-/m0/s1. The minimum atomic E-state index is 0.165. The van der Waals surface area contributed by atoms with E-state index in [0.29, 0.717) is 12.3 Å². The van der Waals surface area contributed by atoms with Crippen LogP contribution in [0.1, 0.15) is 34.7 Å². The summed E-state index contributed by atoms with van der Waals surface area (Å²) >= 11 is 0. The third kappa shape index (κ3) is 2.60. The number of benzene rings is 1. The number of rotatable bonds is 3. The highest BCUT2D eigenvalue weighted by Crippen LogP contribution is 2.29. The number of carbonyl (C=O) groups is 1. The number of nitrogens with one attached hydrogen (secondary N) is 1. The molecule has 1 aromatic carbocycles. The molecule has 1 atom stereocenters. The van der Waals surface area contributed by atoms with E-state index in [-0.39, 0.29) is 5.91 Å².